The summed E-state index contributed by atoms with van der Waals surface area (Å²) < 4.78 is 0. The second-order valence-electron chi connectivity index (χ2n) is 4.96. The average molecular weight is 275 g/mol. The van der Waals surface area contributed by atoms with Gasteiger partial charge in [0.25, 0.3) is 0 Å². The zero-order valence-corrected chi connectivity index (χ0v) is 11.9. The molecule has 1 unspecified atom stereocenters. The van der Waals surface area contributed by atoms with Gasteiger partial charge in [0.05, 0.1) is 6.61 Å². The first kappa shape index (κ1) is 14.1. The molecule has 0 bridgehead atoms. The van der Waals surface area contributed by atoms with Crippen LogP contribution >= 0.6 is 11.6 Å². The molecule has 0 spiro atoms. The van der Waals surface area contributed by atoms with Gasteiger partial charge in [-0.3, -0.25) is 0 Å². The van der Waals surface area contributed by atoms with Crippen molar-refractivity contribution in [3.63, 3.8) is 0 Å². The molecule has 0 saturated heterocycles. The lowest BCUT2D eigenvalue weighted by Crippen LogP contribution is -2.32. The van der Waals surface area contributed by atoms with Gasteiger partial charge in [0, 0.05) is 10.4 Å². The molecule has 0 aliphatic carbocycles. The van der Waals surface area contributed by atoms with E-state index in [1.54, 1.807) is 0 Å². The molecule has 2 aromatic rings. The molecule has 0 amide bonds. The number of hydrogen-bond acceptors (Lipinski definition) is 1. The van der Waals surface area contributed by atoms with Crippen LogP contribution < -0.4 is 0 Å². The number of halogens is 1. The van der Waals surface area contributed by atoms with Crippen LogP contribution in [-0.4, -0.2) is 11.7 Å². The van der Waals surface area contributed by atoms with Crippen molar-refractivity contribution in [3.8, 4) is 0 Å². The highest BCUT2D eigenvalue weighted by Crippen LogP contribution is 2.31. The smallest absolute Gasteiger partial charge is 0.0531 e. The SMILES string of the molecule is CCC(CO)(Cc1ccc(Cl)cc1)c1ccccc1. The first-order valence-electron chi connectivity index (χ1n) is 6.61. The molecule has 0 aromatic heterocycles. The molecule has 2 rings (SSSR count). The fourth-order valence-corrected chi connectivity index (χ4v) is 2.60. The largest absolute Gasteiger partial charge is 0.395 e. The highest BCUT2D eigenvalue weighted by Gasteiger charge is 2.29. The summed E-state index contributed by atoms with van der Waals surface area (Å²) in [7, 11) is 0. The highest BCUT2D eigenvalue weighted by molar-refractivity contribution is 6.30. The van der Waals surface area contributed by atoms with Crippen molar-refractivity contribution in [2.45, 2.75) is 25.2 Å². The molecule has 2 aromatic carbocycles. The van der Waals surface area contributed by atoms with Gasteiger partial charge in [-0.15, -0.1) is 0 Å². The maximum Gasteiger partial charge on any atom is 0.0531 e. The van der Waals surface area contributed by atoms with Crippen LogP contribution in [0, 0.1) is 0 Å². The summed E-state index contributed by atoms with van der Waals surface area (Å²) in [4.78, 5) is 0. The second kappa shape index (κ2) is 6.23. The molecule has 0 heterocycles. The zero-order chi connectivity index (χ0) is 13.7. The topological polar surface area (TPSA) is 20.2 Å². The lowest BCUT2D eigenvalue weighted by Gasteiger charge is -2.31. The van der Waals surface area contributed by atoms with Gasteiger partial charge in [-0.2, -0.15) is 0 Å². The minimum absolute atomic E-state index is 0.149. The molecular formula is C17H19ClO. The minimum atomic E-state index is -0.213. The molecule has 0 fully saturated rings. The summed E-state index contributed by atoms with van der Waals surface area (Å²) in [6, 6.07) is 18.1. The van der Waals surface area contributed by atoms with Gasteiger partial charge in [-0.05, 0) is 36.1 Å². The molecule has 0 radical (unpaired) electrons. The Bertz CT molecular complexity index is 501. The first-order valence-corrected chi connectivity index (χ1v) is 6.99. The third-order valence-corrected chi connectivity index (χ3v) is 4.07. The normalized spacial score (nSPS) is 14.1. The van der Waals surface area contributed by atoms with Crippen molar-refractivity contribution >= 4 is 11.6 Å². The van der Waals surface area contributed by atoms with E-state index in [1.807, 2.05) is 42.5 Å². The molecule has 1 nitrogen and oxygen atoms in total. The summed E-state index contributed by atoms with van der Waals surface area (Å²) in [5, 5.41) is 10.7. The summed E-state index contributed by atoms with van der Waals surface area (Å²) in [6.45, 7) is 2.27. The number of aliphatic hydroxyl groups excluding tert-OH is 1. The van der Waals surface area contributed by atoms with Crippen LogP contribution in [-0.2, 0) is 11.8 Å². The Morgan fingerprint density at radius 2 is 1.63 bits per heavy atom. The Hall–Kier alpha value is -1.31. The fourth-order valence-electron chi connectivity index (χ4n) is 2.47. The van der Waals surface area contributed by atoms with Crippen molar-refractivity contribution in [2.75, 3.05) is 6.61 Å². The minimum Gasteiger partial charge on any atom is -0.395 e. The molecule has 0 saturated carbocycles. The van der Waals surface area contributed by atoms with Crippen molar-refractivity contribution in [1.82, 2.24) is 0 Å². The van der Waals surface area contributed by atoms with Gasteiger partial charge >= 0.3 is 0 Å². The van der Waals surface area contributed by atoms with Crippen molar-refractivity contribution in [1.29, 1.82) is 0 Å². The van der Waals surface area contributed by atoms with Crippen molar-refractivity contribution in [2.24, 2.45) is 0 Å². The van der Waals surface area contributed by atoms with Gasteiger partial charge in [0.2, 0.25) is 0 Å². The van der Waals surface area contributed by atoms with Crippen molar-refractivity contribution in [3.05, 3.63) is 70.7 Å². The van der Waals surface area contributed by atoms with Gasteiger partial charge in [-0.1, -0.05) is 61.0 Å². The molecule has 1 N–H and O–H groups in total. The number of aliphatic hydroxyl groups is 1. The van der Waals surface area contributed by atoms with Gasteiger partial charge in [0.15, 0.2) is 0 Å². The molecule has 19 heavy (non-hydrogen) atoms. The van der Waals surface area contributed by atoms with E-state index in [1.165, 1.54) is 11.1 Å². The Balaban J connectivity index is 2.32. The first-order chi connectivity index (χ1) is 9.20. The Morgan fingerprint density at radius 1 is 1.00 bits per heavy atom. The molecule has 100 valence electrons. The van der Waals surface area contributed by atoms with Gasteiger partial charge in [-0.25, -0.2) is 0 Å². The maximum absolute atomic E-state index is 9.92. The Labute approximate surface area is 119 Å². The summed E-state index contributed by atoms with van der Waals surface area (Å²) in [6.07, 6.45) is 1.72. The van der Waals surface area contributed by atoms with Gasteiger partial charge < -0.3 is 5.11 Å². The summed E-state index contributed by atoms with van der Waals surface area (Å²) >= 11 is 5.92. The van der Waals surface area contributed by atoms with E-state index >= 15 is 0 Å². The lowest BCUT2D eigenvalue weighted by atomic mass is 9.74. The number of benzene rings is 2. The van der Waals surface area contributed by atoms with E-state index in [4.69, 9.17) is 11.6 Å². The predicted octanol–water partition coefficient (Wildman–Crippen LogP) is 4.22. The van der Waals surface area contributed by atoms with Crippen molar-refractivity contribution < 1.29 is 5.11 Å². The van der Waals surface area contributed by atoms with Crippen LogP contribution in [0.1, 0.15) is 24.5 Å². The van der Waals surface area contributed by atoms with Crippen LogP contribution in [0.15, 0.2) is 54.6 Å². The molecular weight excluding hydrogens is 256 g/mol. The highest BCUT2D eigenvalue weighted by atomic mass is 35.5. The van der Waals surface area contributed by atoms with E-state index < -0.39 is 0 Å². The maximum atomic E-state index is 9.92. The van der Waals surface area contributed by atoms with E-state index in [0.717, 1.165) is 17.9 Å². The quantitative estimate of drug-likeness (QED) is 0.865. The summed E-state index contributed by atoms with van der Waals surface area (Å²) in [5.41, 5.74) is 2.17. The monoisotopic (exact) mass is 274 g/mol. The van der Waals surface area contributed by atoms with Crippen LogP contribution in [0.2, 0.25) is 5.02 Å². The zero-order valence-electron chi connectivity index (χ0n) is 11.1. The van der Waals surface area contributed by atoms with Crippen LogP contribution in [0.5, 0.6) is 0 Å². The second-order valence-corrected chi connectivity index (χ2v) is 5.40. The van der Waals surface area contributed by atoms with E-state index in [2.05, 4.69) is 19.1 Å². The third kappa shape index (κ3) is 3.17. The number of hydrogen-bond donors (Lipinski definition) is 1. The van der Waals surface area contributed by atoms with E-state index in [0.29, 0.717) is 0 Å². The molecule has 2 heteroatoms. The van der Waals surface area contributed by atoms with E-state index in [-0.39, 0.29) is 12.0 Å². The molecule has 1 atom stereocenters. The van der Waals surface area contributed by atoms with Crippen LogP contribution in [0.4, 0.5) is 0 Å². The van der Waals surface area contributed by atoms with Gasteiger partial charge in [0.1, 0.15) is 0 Å². The Morgan fingerprint density at radius 3 is 2.16 bits per heavy atom. The lowest BCUT2D eigenvalue weighted by molar-refractivity contribution is 0.186. The number of rotatable bonds is 5. The van der Waals surface area contributed by atoms with E-state index in [9.17, 15) is 5.11 Å². The Kier molecular flexibility index (Phi) is 4.62. The standard InChI is InChI=1S/C17H19ClO/c1-2-17(13-19,15-6-4-3-5-7-15)12-14-8-10-16(18)11-9-14/h3-11,19H,2,12-13H2,1H3. The third-order valence-electron chi connectivity index (χ3n) is 3.82. The summed E-state index contributed by atoms with van der Waals surface area (Å²) in [5.74, 6) is 0. The fraction of sp³-hybridized carbons (Fsp3) is 0.294. The molecule has 0 aliphatic heterocycles. The predicted molar refractivity (Wildman–Crippen MR) is 80.7 cm³/mol. The average Bonchev–Trinajstić information content (AvgIpc) is 2.48. The van der Waals surface area contributed by atoms with Crippen LogP contribution in [0.25, 0.3) is 0 Å². The molecule has 0 aliphatic rings. The van der Waals surface area contributed by atoms with Crippen LogP contribution in [0.3, 0.4) is 0 Å².